The van der Waals surface area contributed by atoms with Gasteiger partial charge in [0.2, 0.25) is 0 Å². The summed E-state index contributed by atoms with van der Waals surface area (Å²) in [6.45, 7) is 0. The van der Waals surface area contributed by atoms with Crippen molar-refractivity contribution in [1.29, 1.82) is 0 Å². The third-order valence-corrected chi connectivity index (χ3v) is 6.60. The van der Waals surface area contributed by atoms with Gasteiger partial charge >= 0.3 is 0 Å². The van der Waals surface area contributed by atoms with Crippen LogP contribution in [0.15, 0.2) is 24.3 Å². The Kier molecular flexibility index (Phi) is 3.36. The summed E-state index contributed by atoms with van der Waals surface area (Å²) in [5, 5.41) is 0.0384. The van der Waals surface area contributed by atoms with Gasteiger partial charge in [-0.3, -0.25) is 0 Å². The maximum absolute atomic E-state index is 6.76. The predicted molar refractivity (Wildman–Crippen MR) is 87.1 cm³/mol. The van der Waals surface area contributed by atoms with Crippen LogP contribution in [0.5, 0.6) is 0 Å². The Morgan fingerprint density at radius 1 is 0.850 bits per heavy atom. The van der Waals surface area contributed by atoms with Crippen molar-refractivity contribution in [3.05, 3.63) is 56.3 Å². The van der Waals surface area contributed by atoms with Crippen LogP contribution in [0.25, 0.3) is 0 Å². The molecule has 0 saturated carbocycles. The Hall–Kier alpha value is -0.790. The first-order chi connectivity index (χ1) is 9.81. The predicted octanol–water partition coefficient (Wildman–Crippen LogP) is 5.44. The first kappa shape index (κ1) is 12.9. The molecule has 1 unspecified atom stereocenters. The summed E-state index contributed by atoms with van der Waals surface area (Å²) in [6.07, 6.45) is 8.98. The standard InChI is InChI=1S/C18H19ClS/c19-18(15-9-8-12-5-3-6-13(12)10-15)17-11-14-4-1-2-7-16(14)20-17/h8-11,18H,1-7H2. The molecule has 0 fully saturated rings. The third kappa shape index (κ3) is 2.21. The van der Waals surface area contributed by atoms with Crippen LogP contribution in [0, 0.1) is 0 Å². The average molecular weight is 303 g/mol. The van der Waals surface area contributed by atoms with E-state index in [0.29, 0.717) is 0 Å². The van der Waals surface area contributed by atoms with Gasteiger partial charge in [-0.05, 0) is 73.3 Å². The number of hydrogen-bond acceptors (Lipinski definition) is 1. The molecule has 2 aromatic rings. The largest absolute Gasteiger partial charge is 0.143 e. The van der Waals surface area contributed by atoms with Gasteiger partial charge in [0.25, 0.3) is 0 Å². The Labute approximate surface area is 129 Å². The SMILES string of the molecule is ClC(c1ccc2c(c1)CCC2)c1cc2c(s1)CCCC2. The van der Waals surface area contributed by atoms with E-state index in [1.54, 1.807) is 10.4 Å². The lowest BCUT2D eigenvalue weighted by Gasteiger charge is -2.10. The average Bonchev–Trinajstić information content (AvgIpc) is 3.11. The van der Waals surface area contributed by atoms with Crippen LogP contribution in [0.4, 0.5) is 0 Å². The van der Waals surface area contributed by atoms with E-state index < -0.39 is 0 Å². The smallest absolute Gasteiger partial charge is 0.0928 e. The molecule has 0 nitrogen and oxygen atoms in total. The Bertz CT molecular complexity index is 617. The quantitative estimate of drug-likeness (QED) is 0.648. The van der Waals surface area contributed by atoms with Crippen LogP contribution >= 0.6 is 22.9 Å². The van der Waals surface area contributed by atoms with Gasteiger partial charge in [-0.2, -0.15) is 0 Å². The lowest BCUT2D eigenvalue weighted by molar-refractivity contribution is 0.697. The first-order valence-corrected chi connectivity index (χ1v) is 8.94. The maximum atomic E-state index is 6.76. The fraction of sp³-hybridized carbons (Fsp3) is 0.444. The molecule has 4 rings (SSSR count). The molecule has 0 radical (unpaired) electrons. The van der Waals surface area contributed by atoms with E-state index >= 15 is 0 Å². The second-order valence-corrected chi connectivity index (χ2v) is 7.65. The van der Waals surface area contributed by atoms with Crippen molar-refractivity contribution in [3.63, 3.8) is 0 Å². The molecule has 1 heterocycles. The van der Waals surface area contributed by atoms with Gasteiger partial charge in [0, 0.05) is 9.75 Å². The molecule has 104 valence electrons. The van der Waals surface area contributed by atoms with Gasteiger partial charge in [-0.25, -0.2) is 0 Å². The van der Waals surface area contributed by atoms with Crippen LogP contribution in [-0.4, -0.2) is 0 Å². The van der Waals surface area contributed by atoms with Gasteiger partial charge in [0.05, 0.1) is 5.38 Å². The summed E-state index contributed by atoms with van der Waals surface area (Å²) in [7, 11) is 0. The molecule has 0 amide bonds. The van der Waals surface area contributed by atoms with Crippen LogP contribution in [0.2, 0.25) is 0 Å². The van der Waals surface area contributed by atoms with E-state index in [1.807, 2.05) is 11.3 Å². The van der Waals surface area contributed by atoms with Crippen molar-refractivity contribution in [2.75, 3.05) is 0 Å². The van der Waals surface area contributed by atoms with Crippen LogP contribution < -0.4 is 0 Å². The normalized spacial score (nSPS) is 18.6. The van der Waals surface area contributed by atoms with Gasteiger partial charge in [-0.1, -0.05) is 18.2 Å². The second-order valence-electron chi connectivity index (χ2n) is 6.05. The minimum absolute atomic E-state index is 0.0384. The van der Waals surface area contributed by atoms with E-state index in [0.717, 1.165) is 0 Å². The Morgan fingerprint density at radius 2 is 1.65 bits per heavy atom. The molecule has 0 bridgehead atoms. The highest BCUT2D eigenvalue weighted by Crippen LogP contribution is 2.39. The Morgan fingerprint density at radius 3 is 2.55 bits per heavy atom. The van der Waals surface area contributed by atoms with Gasteiger partial charge in [0.1, 0.15) is 0 Å². The summed E-state index contributed by atoms with van der Waals surface area (Å²) in [6, 6.07) is 9.24. The highest BCUT2D eigenvalue weighted by atomic mass is 35.5. The fourth-order valence-corrected chi connectivity index (χ4v) is 5.15. The number of alkyl halides is 1. The van der Waals surface area contributed by atoms with Crippen molar-refractivity contribution in [1.82, 2.24) is 0 Å². The van der Waals surface area contributed by atoms with Gasteiger partial charge in [-0.15, -0.1) is 22.9 Å². The second kappa shape index (κ2) is 5.20. The lowest BCUT2D eigenvalue weighted by atomic mass is 9.98. The molecule has 0 saturated heterocycles. The first-order valence-electron chi connectivity index (χ1n) is 7.68. The van der Waals surface area contributed by atoms with Crippen molar-refractivity contribution in [2.45, 2.75) is 50.3 Å². The summed E-state index contributed by atoms with van der Waals surface area (Å²) in [5.74, 6) is 0. The van der Waals surface area contributed by atoms with Crippen molar-refractivity contribution in [2.24, 2.45) is 0 Å². The molecule has 1 aromatic carbocycles. The van der Waals surface area contributed by atoms with Crippen molar-refractivity contribution >= 4 is 22.9 Å². The zero-order chi connectivity index (χ0) is 13.5. The van der Waals surface area contributed by atoms with Crippen LogP contribution in [-0.2, 0) is 25.7 Å². The molecule has 1 aromatic heterocycles. The topological polar surface area (TPSA) is 0 Å². The number of halogens is 1. The Balaban J connectivity index is 1.66. The molecule has 0 spiro atoms. The lowest BCUT2D eigenvalue weighted by Crippen LogP contribution is -1.96. The highest BCUT2D eigenvalue weighted by molar-refractivity contribution is 7.12. The van der Waals surface area contributed by atoms with Crippen molar-refractivity contribution in [3.8, 4) is 0 Å². The summed E-state index contributed by atoms with van der Waals surface area (Å²) in [5.41, 5.74) is 5.89. The minimum atomic E-state index is 0.0384. The molecular formula is C18H19ClS. The van der Waals surface area contributed by atoms with E-state index in [2.05, 4.69) is 24.3 Å². The number of fused-ring (bicyclic) bond motifs is 2. The van der Waals surface area contributed by atoms with Crippen LogP contribution in [0.3, 0.4) is 0 Å². The van der Waals surface area contributed by atoms with Crippen LogP contribution in [0.1, 0.15) is 56.6 Å². The van der Waals surface area contributed by atoms with E-state index in [-0.39, 0.29) is 5.38 Å². The van der Waals surface area contributed by atoms with E-state index in [4.69, 9.17) is 11.6 Å². The minimum Gasteiger partial charge on any atom is -0.143 e. The summed E-state index contributed by atoms with van der Waals surface area (Å²) >= 11 is 8.70. The van der Waals surface area contributed by atoms with E-state index in [9.17, 15) is 0 Å². The molecule has 2 heteroatoms. The molecule has 20 heavy (non-hydrogen) atoms. The molecule has 0 N–H and O–H groups in total. The number of benzene rings is 1. The number of thiophene rings is 1. The molecule has 1 atom stereocenters. The molecule has 0 aliphatic heterocycles. The zero-order valence-corrected chi connectivity index (χ0v) is 13.2. The molecule has 2 aliphatic carbocycles. The summed E-state index contributed by atoms with van der Waals surface area (Å²) in [4.78, 5) is 2.93. The van der Waals surface area contributed by atoms with Crippen molar-refractivity contribution < 1.29 is 0 Å². The number of aryl methyl sites for hydroxylation is 4. The van der Waals surface area contributed by atoms with Gasteiger partial charge in [0.15, 0.2) is 0 Å². The third-order valence-electron chi connectivity index (χ3n) is 4.68. The highest BCUT2D eigenvalue weighted by Gasteiger charge is 2.20. The monoisotopic (exact) mass is 302 g/mol. The maximum Gasteiger partial charge on any atom is 0.0928 e. The molecule has 2 aliphatic rings. The van der Waals surface area contributed by atoms with Gasteiger partial charge < -0.3 is 0 Å². The molecular weight excluding hydrogens is 284 g/mol. The number of hydrogen-bond donors (Lipinski definition) is 0. The zero-order valence-electron chi connectivity index (χ0n) is 11.6. The van der Waals surface area contributed by atoms with E-state index in [1.165, 1.54) is 66.5 Å². The number of rotatable bonds is 2. The fourth-order valence-electron chi connectivity index (χ4n) is 3.55. The summed E-state index contributed by atoms with van der Waals surface area (Å²) < 4.78 is 0.